The van der Waals surface area contributed by atoms with E-state index in [0.717, 1.165) is 23.7 Å². The molecule has 2 aromatic rings. The van der Waals surface area contributed by atoms with E-state index in [4.69, 9.17) is 12.2 Å². The van der Waals surface area contributed by atoms with Crippen LogP contribution in [0, 0.1) is 4.77 Å². The second-order valence-electron chi connectivity index (χ2n) is 3.95. The molecule has 1 unspecified atom stereocenters. The van der Waals surface area contributed by atoms with Crippen molar-refractivity contribution in [1.29, 1.82) is 0 Å². The third kappa shape index (κ3) is 2.64. The fraction of sp³-hybridized carbons (Fsp3) is 0.417. The molecule has 0 aliphatic carbocycles. The zero-order valence-electron chi connectivity index (χ0n) is 10.5. The van der Waals surface area contributed by atoms with Crippen molar-refractivity contribution in [3.05, 3.63) is 29.2 Å². The predicted octanol–water partition coefficient (Wildman–Crippen LogP) is 3.32. The zero-order chi connectivity index (χ0) is 13.0. The minimum Gasteiger partial charge on any atom is -0.295 e. The summed E-state index contributed by atoms with van der Waals surface area (Å²) in [7, 11) is 0. The van der Waals surface area contributed by atoms with Gasteiger partial charge < -0.3 is 0 Å². The zero-order valence-corrected chi connectivity index (χ0v) is 12.1. The maximum absolute atomic E-state index is 5.34. The van der Waals surface area contributed by atoms with Gasteiger partial charge in [0.1, 0.15) is 5.69 Å². The Morgan fingerprint density at radius 2 is 2.33 bits per heavy atom. The van der Waals surface area contributed by atoms with Gasteiger partial charge in [0.2, 0.25) is 0 Å². The van der Waals surface area contributed by atoms with Crippen LogP contribution in [0.15, 0.2) is 24.4 Å². The van der Waals surface area contributed by atoms with E-state index >= 15 is 0 Å². The van der Waals surface area contributed by atoms with E-state index in [1.807, 2.05) is 30.0 Å². The summed E-state index contributed by atoms with van der Waals surface area (Å²) in [6, 6.07) is 6.16. The van der Waals surface area contributed by atoms with Crippen molar-refractivity contribution in [3.8, 4) is 11.5 Å². The molecule has 96 valence electrons. The maximum Gasteiger partial charge on any atom is 0.195 e. The first-order valence-corrected chi connectivity index (χ1v) is 7.65. The molecule has 0 aromatic carbocycles. The highest BCUT2D eigenvalue weighted by atomic mass is 32.2. The molecule has 18 heavy (non-hydrogen) atoms. The molecule has 0 fully saturated rings. The summed E-state index contributed by atoms with van der Waals surface area (Å²) in [6.07, 6.45) is 4.90. The summed E-state index contributed by atoms with van der Waals surface area (Å²) in [5, 5.41) is 7.19. The van der Waals surface area contributed by atoms with Crippen molar-refractivity contribution in [2.24, 2.45) is 0 Å². The number of nitrogens with one attached hydrogen (secondary N) is 1. The van der Waals surface area contributed by atoms with Gasteiger partial charge in [0.15, 0.2) is 10.6 Å². The third-order valence-electron chi connectivity index (χ3n) is 2.79. The second kappa shape index (κ2) is 6.15. The molecule has 0 radical (unpaired) electrons. The van der Waals surface area contributed by atoms with Crippen molar-refractivity contribution < 1.29 is 0 Å². The van der Waals surface area contributed by atoms with E-state index in [-0.39, 0.29) is 0 Å². The summed E-state index contributed by atoms with van der Waals surface area (Å²) in [4.78, 5) is 4.34. The Bertz CT molecular complexity index is 547. The minimum absolute atomic E-state index is 0.350. The molecular weight excluding hydrogens is 264 g/mol. The highest BCUT2D eigenvalue weighted by Gasteiger charge is 2.16. The number of hydrogen-bond donors (Lipinski definition) is 1. The average Bonchev–Trinajstić information content (AvgIpc) is 2.79. The summed E-state index contributed by atoms with van der Waals surface area (Å²) < 4.78 is 2.74. The number of nitrogens with zero attached hydrogens (tertiary/aromatic N) is 3. The van der Waals surface area contributed by atoms with Crippen LogP contribution in [0.3, 0.4) is 0 Å². The molecule has 0 aliphatic rings. The predicted molar refractivity (Wildman–Crippen MR) is 78.4 cm³/mol. The molecular formula is C12H16N4S2. The lowest BCUT2D eigenvalue weighted by molar-refractivity contribution is 0.536. The van der Waals surface area contributed by atoms with E-state index in [0.29, 0.717) is 10.8 Å². The first-order chi connectivity index (χ1) is 8.77. The Hall–Kier alpha value is -1.14. The van der Waals surface area contributed by atoms with Gasteiger partial charge in [0.05, 0.1) is 0 Å². The van der Waals surface area contributed by atoms with Crippen LogP contribution in [-0.2, 0) is 0 Å². The number of hydrogen-bond acceptors (Lipinski definition) is 4. The molecule has 0 saturated carbocycles. The van der Waals surface area contributed by atoms with Crippen LogP contribution < -0.4 is 0 Å². The summed E-state index contributed by atoms with van der Waals surface area (Å²) >= 11 is 7.15. The van der Waals surface area contributed by atoms with Crippen molar-refractivity contribution in [2.75, 3.05) is 12.0 Å². The van der Waals surface area contributed by atoms with Gasteiger partial charge in [-0.3, -0.25) is 14.6 Å². The van der Waals surface area contributed by atoms with Crippen molar-refractivity contribution in [3.63, 3.8) is 0 Å². The van der Waals surface area contributed by atoms with E-state index in [9.17, 15) is 0 Å². The number of aromatic amines is 1. The average molecular weight is 280 g/mol. The van der Waals surface area contributed by atoms with Crippen LogP contribution in [-0.4, -0.2) is 31.8 Å². The molecule has 2 heterocycles. The largest absolute Gasteiger partial charge is 0.295 e. The van der Waals surface area contributed by atoms with Gasteiger partial charge in [-0.15, -0.1) is 0 Å². The number of thioether (sulfide) groups is 1. The van der Waals surface area contributed by atoms with Gasteiger partial charge in [0, 0.05) is 18.0 Å². The van der Waals surface area contributed by atoms with Gasteiger partial charge in [-0.25, -0.2) is 0 Å². The minimum atomic E-state index is 0.350. The number of H-pyrrole nitrogens is 1. The number of rotatable bonds is 5. The van der Waals surface area contributed by atoms with Crippen LogP contribution in [0.25, 0.3) is 11.5 Å². The lowest BCUT2D eigenvalue weighted by Gasteiger charge is -2.17. The van der Waals surface area contributed by atoms with Crippen LogP contribution in [0.1, 0.15) is 19.4 Å². The van der Waals surface area contributed by atoms with Crippen LogP contribution in [0.2, 0.25) is 0 Å². The molecule has 0 bridgehead atoms. The van der Waals surface area contributed by atoms with E-state index in [2.05, 4.69) is 32.9 Å². The Labute approximate surface area is 116 Å². The fourth-order valence-corrected chi connectivity index (χ4v) is 2.94. The molecule has 2 rings (SSSR count). The van der Waals surface area contributed by atoms with E-state index < -0.39 is 0 Å². The van der Waals surface area contributed by atoms with Gasteiger partial charge in [0.25, 0.3) is 0 Å². The van der Waals surface area contributed by atoms with Crippen molar-refractivity contribution in [2.45, 2.75) is 19.4 Å². The Morgan fingerprint density at radius 1 is 1.50 bits per heavy atom. The number of pyridine rings is 1. The monoisotopic (exact) mass is 280 g/mol. The number of aromatic nitrogens is 4. The summed E-state index contributed by atoms with van der Waals surface area (Å²) in [6.45, 7) is 2.16. The van der Waals surface area contributed by atoms with Gasteiger partial charge in [-0.05, 0) is 37.0 Å². The van der Waals surface area contributed by atoms with Crippen LogP contribution in [0.4, 0.5) is 0 Å². The molecule has 1 atom stereocenters. The topological polar surface area (TPSA) is 46.5 Å². The standard InChI is InChI=1S/C12H16N4S2/c1-3-9(8-18-2)16-11(14-15-12(16)17)10-6-4-5-7-13-10/h4-7,9H,3,8H2,1-2H3,(H,15,17). The summed E-state index contributed by atoms with van der Waals surface area (Å²) in [5.41, 5.74) is 0.851. The normalized spacial score (nSPS) is 12.6. The van der Waals surface area contributed by atoms with Crippen molar-refractivity contribution in [1.82, 2.24) is 19.7 Å². The Balaban J connectivity index is 2.47. The fourth-order valence-electron chi connectivity index (χ4n) is 1.89. The first kappa shape index (κ1) is 13.3. The van der Waals surface area contributed by atoms with E-state index in [1.165, 1.54) is 0 Å². The molecule has 2 aromatic heterocycles. The highest BCUT2D eigenvalue weighted by Crippen LogP contribution is 2.23. The third-order valence-corrected chi connectivity index (χ3v) is 3.80. The summed E-state index contributed by atoms with van der Waals surface area (Å²) in [5.74, 6) is 1.84. The molecule has 1 N–H and O–H groups in total. The molecule has 0 amide bonds. The highest BCUT2D eigenvalue weighted by molar-refractivity contribution is 7.98. The Kier molecular flexibility index (Phi) is 4.54. The Morgan fingerprint density at radius 3 is 2.94 bits per heavy atom. The maximum atomic E-state index is 5.34. The van der Waals surface area contributed by atoms with Crippen molar-refractivity contribution >= 4 is 24.0 Å². The quantitative estimate of drug-likeness (QED) is 0.854. The molecule has 0 spiro atoms. The van der Waals surface area contributed by atoms with Gasteiger partial charge in [-0.1, -0.05) is 13.0 Å². The first-order valence-electron chi connectivity index (χ1n) is 5.85. The SMILES string of the molecule is CCC(CSC)n1c(-c2ccccn2)n[nH]c1=S. The lowest BCUT2D eigenvalue weighted by Crippen LogP contribution is -2.12. The van der Waals surface area contributed by atoms with Crippen LogP contribution >= 0.6 is 24.0 Å². The van der Waals surface area contributed by atoms with E-state index in [1.54, 1.807) is 6.20 Å². The van der Waals surface area contributed by atoms with Crippen LogP contribution in [0.5, 0.6) is 0 Å². The van der Waals surface area contributed by atoms with Gasteiger partial charge in [-0.2, -0.15) is 16.9 Å². The molecule has 6 heteroatoms. The lowest BCUT2D eigenvalue weighted by atomic mass is 10.2. The second-order valence-corrected chi connectivity index (χ2v) is 5.25. The smallest absolute Gasteiger partial charge is 0.195 e. The molecule has 0 aliphatic heterocycles. The molecule has 4 nitrogen and oxygen atoms in total. The van der Waals surface area contributed by atoms with Gasteiger partial charge >= 0.3 is 0 Å². The molecule has 0 saturated heterocycles.